The van der Waals surface area contributed by atoms with Crippen molar-refractivity contribution in [1.29, 1.82) is 0 Å². The molecule has 0 aliphatic rings. The molecule has 3 rings (SSSR count). The predicted octanol–water partition coefficient (Wildman–Crippen LogP) is 2.80. The molecule has 0 unspecified atom stereocenters. The number of hydrogen-bond acceptors (Lipinski definition) is 6. The van der Waals surface area contributed by atoms with E-state index in [1.807, 2.05) is 0 Å². The van der Waals surface area contributed by atoms with Crippen LogP contribution in [0, 0.1) is 0 Å². The SMILES string of the molecule is CCOC(=O)Cc1nn(CC(=O)Nc2cc(Cl)ccc2OC)c(=O)c2ccccc12. The first-order chi connectivity index (χ1) is 14.4. The number of halogens is 1. The molecule has 30 heavy (non-hydrogen) atoms. The maximum absolute atomic E-state index is 12.8. The molecule has 1 N–H and O–H groups in total. The smallest absolute Gasteiger partial charge is 0.311 e. The second kappa shape index (κ2) is 9.41. The Labute approximate surface area is 177 Å². The van der Waals surface area contributed by atoms with Crippen molar-refractivity contribution in [2.24, 2.45) is 0 Å². The third kappa shape index (κ3) is 4.77. The van der Waals surface area contributed by atoms with Crippen LogP contribution in [0.25, 0.3) is 10.8 Å². The standard InChI is InChI=1S/C21H20ClN3O5/c1-3-30-20(27)11-16-14-6-4-5-7-15(14)21(28)25(24-16)12-19(26)23-17-10-13(22)8-9-18(17)29-2/h4-10H,3,11-12H2,1-2H3,(H,23,26). The van der Waals surface area contributed by atoms with Gasteiger partial charge in [0.15, 0.2) is 0 Å². The summed E-state index contributed by atoms with van der Waals surface area (Å²) in [4.78, 5) is 37.4. The maximum Gasteiger partial charge on any atom is 0.311 e. The minimum atomic E-state index is -0.498. The lowest BCUT2D eigenvalue weighted by Crippen LogP contribution is -2.31. The van der Waals surface area contributed by atoms with Crippen LogP contribution >= 0.6 is 11.6 Å². The van der Waals surface area contributed by atoms with Gasteiger partial charge in [-0.25, -0.2) is 4.68 Å². The van der Waals surface area contributed by atoms with E-state index in [0.29, 0.717) is 32.9 Å². The largest absolute Gasteiger partial charge is 0.495 e. The number of hydrogen-bond donors (Lipinski definition) is 1. The molecule has 0 saturated carbocycles. The zero-order valence-corrected chi connectivity index (χ0v) is 17.2. The number of fused-ring (bicyclic) bond motifs is 1. The summed E-state index contributed by atoms with van der Waals surface area (Å²) in [7, 11) is 1.47. The van der Waals surface area contributed by atoms with E-state index in [1.165, 1.54) is 7.11 Å². The fraction of sp³-hybridized carbons (Fsp3) is 0.238. The van der Waals surface area contributed by atoms with Gasteiger partial charge < -0.3 is 14.8 Å². The highest BCUT2D eigenvalue weighted by Crippen LogP contribution is 2.27. The van der Waals surface area contributed by atoms with Crippen LogP contribution in [0.4, 0.5) is 5.69 Å². The van der Waals surface area contributed by atoms with Gasteiger partial charge in [0.25, 0.3) is 5.56 Å². The second-order valence-corrected chi connectivity index (χ2v) is 6.77. The molecule has 3 aromatic rings. The summed E-state index contributed by atoms with van der Waals surface area (Å²) < 4.78 is 11.2. The summed E-state index contributed by atoms with van der Waals surface area (Å²) in [6.45, 7) is 1.59. The van der Waals surface area contributed by atoms with Crippen LogP contribution in [0.2, 0.25) is 5.02 Å². The van der Waals surface area contributed by atoms with Crippen LogP contribution in [0.5, 0.6) is 5.75 Å². The average Bonchev–Trinajstić information content (AvgIpc) is 2.72. The zero-order valence-electron chi connectivity index (χ0n) is 16.5. The number of benzene rings is 2. The normalized spacial score (nSPS) is 10.6. The van der Waals surface area contributed by atoms with Crippen molar-refractivity contribution >= 4 is 39.9 Å². The number of nitrogens with one attached hydrogen (secondary N) is 1. The van der Waals surface area contributed by atoms with Crippen LogP contribution in [-0.4, -0.2) is 35.4 Å². The number of methoxy groups -OCH3 is 1. The number of nitrogens with zero attached hydrogens (tertiary/aromatic N) is 2. The van der Waals surface area contributed by atoms with Crippen molar-refractivity contribution in [3.8, 4) is 5.75 Å². The quantitative estimate of drug-likeness (QED) is 0.580. The highest BCUT2D eigenvalue weighted by molar-refractivity contribution is 6.31. The van der Waals surface area contributed by atoms with Gasteiger partial charge in [-0.05, 0) is 31.2 Å². The highest BCUT2D eigenvalue weighted by Gasteiger charge is 2.16. The van der Waals surface area contributed by atoms with Gasteiger partial charge in [-0.2, -0.15) is 5.10 Å². The summed E-state index contributed by atoms with van der Waals surface area (Å²) in [5.41, 5.74) is 0.291. The minimum absolute atomic E-state index is 0.113. The van der Waals surface area contributed by atoms with Gasteiger partial charge in [0.1, 0.15) is 12.3 Å². The lowest BCUT2D eigenvalue weighted by molar-refractivity contribution is -0.142. The van der Waals surface area contributed by atoms with E-state index in [2.05, 4.69) is 10.4 Å². The molecule has 0 atom stereocenters. The number of carbonyl (C=O) groups is 2. The van der Waals surface area contributed by atoms with Crippen LogP contribution in [-0.2, 0) is 27.3 Å². The van der Waals surface area contributed by atoms with Crippen molar-refractivity contribution in [1.82, 2.24) is 9.78 Å². The van der Waals surface area contributed by atoms with Crippen molar-refractivity contribution in [2.45, 2.75) is 19.9 Å². The van der Waals surface area contributed by atoms with Gasteiger partial charge in [-0.15, -0.1) is 0 Å². The first kappa shape index (κ1) is 21.3. The molecule has 156 valence electrons. The van der Waals surface area contributed by atoms with Crippen molar-refractivity contribution in [3.63, 3.8) is 0 Å². The summed E-state index contributed by atoms with van der Waals surface area (Å²) in [5.74, 6) is -0.537. The van der Waals surface area contributed by atoms with Gasteiger partial charge >= 0.3 is 5.97 Å². The van der Waals surface area contributed by atoms with E-state index in [4.69, 9.17) is 21.1 Å². The van der Waals surface area contributed by atoms with Gasteiger partial charge in [0.05, 0.1) is 36.9 Å². The molecule has 1 aromatic heterocycles. The first-order valence-electron chi connectivity index (χ1n) is 9.20. The third-order valence-electron chi connectivity index (χ3n) is 4.29. The highest BCUT2D eigenvalue weighted by atomic mass is 35.5. The number of ether oxygens (including phenoxy) is 2. The average molecular weight is 430 g/mol. The number of aromatic nitrogens is 2. The molecule has 0 bridgehead atoms. The predicted molar refractivity (Wildman–Crippen MR) is 113 cm³/mol. The maximum atomic E-state index is 12.8. The molecule has 0 spiro atoms. The number of amides is 1. The van der Waals surface area contributed by atoms with Crippen LogP contribution in [0.15, 0.2) is 47.3 Å². The molecule has 1 amide bonds. The van der Waals surface area contributed by atoms with E-state index in [9.17, 15) is 14.4 Å². The first-order valence-corrected chi connectivity index (χ1v) is 9.58. The molecule has 0 saturated heterocycles. The molecule has 1 heterocycles. The topological polar surface area (TPSA) is 99.5 Å². The van der Waals surface area contributed by atoms with Crippen molar-refractivity contribution in [2.75, 3.05) is 19.0 Å². The van der Waals surface area contributed by atoms with E-state index in [1.54, 1.807) is 49.4 Å². The minimum Gasteiger partial charge on any atom is -0.495 e. The lowest BCUT2D eigenvalue weighted by Gasteiger charge is -2.13. The van der Waals surface area contributed by atoms with Gasteiger partial charge in [0, 0.05) is 10.4 Å². The third-order valence-corrected chi connectivity index (χ3v) is 4.53. The van der Waals surface area contributed by atoms with Gasteiger partial charge in [-0.3, -0.25) is 14.4 Å². The fourth-order valence-electron chi connectivity index (χ4n) is 3.00. The van der Waals surface area contributed by atoms with E-state index < -0.39 is 17.4 Å². The van der Waals surface area contributed by atoms with Gasteiger partial charge in [0.2, 0.25) is 5.91 Å². The number of carbonyl (C=O) groups excluding carboxylic acids is 2. The van der Waals surface area contributed by atoms with Crippen molar-refractivity contribution < 1.29 is 19.1 Å². The molecular formula is C21H20ClN3O5. The summed E-state index contributed by atoms with van der Waals surface area (Å²) in [5, 5.41) is 8.24. The Hall–Kier alpha value is -3.39. The van der Waals surface area contributed by atoms with Crippen LogP contribution in [0.3, 0.4) is 0 Å². The Balaban J connectivity index is 1.93. The zero-order chi connectivity index (χ0) is 21.7. The Morgan fingerprint density at radius 3 is 2.60 bits per heavy atom. The Morgan fingerprint density at radius 2 is 1.90 bits per heavy atom. The van der Waals surface area contributed by atoms with Crippen molar-refractivity contribution in [3.05, 3.63) is 63.5 Å². The van der Waals surface area contributed by atoms with Crippen LogP contribution < -0.4 is 15.6 Å². The molecule has 8 nitrogen and oxygen atoms in total. The summed E-state index contributed by atoms with van der Waals surface area (Å²) >= 11 is 5.98. The van der Waals surface area contributed by atoms with E-state index in [-0.39, 0.29) is 19.6 Å². The molecular weight excluding hydrogens is 410 g/mol. The monoisotopic (exact) mass is 429 g/mol. The molecule has 0 fully saturated rings. The summed E-state index contributed by atoms with van der Waals surface area (Å²) in [6, 6.07) is 11.6. The molecule has 0 aliphatic heterocycles. The van der Waals surface area contributed by atoms with E-state index in [0.717, 1.165) is 4.68 Å². The molecule has 0 aliphatic carbocycles. The Bertz CT molecular complexity index is 1160. The lowest BCUT2D eigenvalue weighted by atomic mass is 10.1. The number of anilines is 1. The molecule has 2 aromatic carbocycles. The number of rotatable bonds is 7. The Kier molecular flexibility index (Phi) is 6.68. The fourth-order valence-corrected chi connectivity index (χ4v) is 3.17. The van der Waals surface area contributed by atoms with E-state index >= 15 is 0 Å². The van der Waals surface area contributed by atoms with Crippen LogP contribution in [0.1, 0.15) is 12.6 Å². The number of esters is 1. The Morgan fingerprint density at radius 1 is 1.17 bits per heavy atom. The second-order valence-electron chi connectivity index (χ2n) is 6.33. The van der Waals surface area contributed by atoms with Gasteiger partial charge in [-0.1, -0.05) is 29.8 Å². The molecule has 0 radical (unpaired) electrons. The summed E-state index contributed by atoms with van der Waals surface area (Å²) in [6.07, 6.45) is -0.113. The molecule has 9 heteroatoms.